The molecule has 1 aromatic carbocycles. The van der Waals surface area contributed by atoms with Gasteiger partial charge in [0.1, 0.15) is 5.82 Å². The molecule has 5 nitrogen and oxygen atoms in total. The molecule has 1 fully saturated rings. The van der Waals surface area contributed by atoms with E-state index in [1.54, 1.807) is 6.20 Å². The molecule has 1 aromatic heterocycles. The number of hydrogen-bond donors (Lipinski definition) is 1. The van der Waals surface area contributed by atoms with Gasteiger partial charge < -0.3 is 15.0 Å². The van der Waals surface area contributed by atoms with Crippen LogP contribution in [0.15, 0.2) is 36.5 Å². The average molecular weight is 298 g/mol. The quantitative estimate of drug-likeness (QED) is 0.939. The van der Waals surface area contributed by atoms with Crippen LogP contribution >= 0.6 is 0 Å². The number of ether oxygens (including phenoxy) is 1. The van der Waals surface area contributed by atoms with E-state index in [2.05, 4.69) is 52.2 Å². The molecule has 1 aliphatic rings. The summed E-state index contributed by atoms with van der Waals surface area (Å²) in [6.07, 6.45) is 1.80. The molecule has 1 saturated heterocycles. The molecule has 3 rings (SSSR count). The van der Waals surface area contributed by atoms with E-state index in [0.717, 1.165) is 37.8 Å². The van der Waals surface area contributed by atoms with Crippen molar-refractivity contribution in [3.05, 3.63) is 42.1 Å². The zero-order valence-electron chi connectivity index (χ0n) is 13.1. The molecule has 0 radical (unpaired) electrons. The molecule has 22 heavy (non-hydrogen) atoms. The number of hydrogen-bond acceptors (Lipinski definition) is 5. The highest BCUT2D eigenvalue weighted by atomic mass is 16.5. The maximum atomic E-state index is 5.39. The maximum Gasteiger partial charge on any atom is 0.229 e. The van der Waals surface area contributed by atoms with Gasteiger partial charge in [-0.3, -0.25) is 0 Å². The summed E-state index contributed by atoms with van der Waals surface area (Å²) in [5.74, 6) is 2.03. The number of nitrogens with one attached hydrogen (secondary N) is 1. The Morgan fingerprint density at radius 2 is 1.91 bits per heavy atom. The smallest absolute Gasteiger partial charge is 0.229 e. The lowest BCUT2D eigenvalue weighted by Crippen LogP contribution is -2.36. The van der Waals surface area contributed by atoms with Gasteiger partial charge in [0.25, 0.3) is 0 Å². The largest absolute Gasteiger partial charge is 0.378 e. The van der Waals surface area contributed by atoms with Crippen molar-refractivity contribution < 1.29 is 4.74 Å². The highest BCUT2D eigenvalue weighted by molar-refractivity contribution is 5.60. The molecule has 0 unspecified atom stereocenters. The predicted molar refractivity (Wildman–Crippen MR) is 88.9 cm³/mol. The van der Waals surface area contributed by atoms with E-state index in [-0.39, 0.29) is 0 Å². The molecule has 0 bridgehead atoms. The van der Waals surface area contributed by atoms with Crippen molar-refractivity contribution in [2.24, 2.45) is 0 Å². The Bertz CT molecular complexity index is 624. The fourth-order valence-electron chi connectivity index (χ4n) is 2.61. The lowest BCUT2D eigenvalue weighted by Gasteiger charge is -2.27. The van der Waals surface area contributed by atoms with E-state index in [1.807, 2.05) is 12.1 Å². The first-order valence-corrected chi connectivity index (χ1v) is 7.76. The Hall–Kier alpha value is -2.14. The Morgan fingerprint density at radius 1 is 1.14 bits per heavy atom. The van der Waals surface area contributed by atoms with Crippen molar-refractivity contribution in [2.45, 2.75) is 19.8 Å². The van der Waals surface area contributed by atoms with E-state index < -0.39 is 0 Å². The second kappa shape index (κ2) is 6.75. The Labute approximate surface area is 131 Å². The number of aromatic nitrogens is 2. The van der Waals surface area contributed by atoms with Crippen molar-refractivity contribution in [2.75, 3.05) is 36.5 Å². The van der Waals surface area contributed by atoms with Crippen LogP contribution in [0.25, 0.3) is 0 Å². The fraction of sp³-hybridized carbons (Fsp3) is 0.412. The number of anilines is 3. The van der Waals surface area contributed by atoms with Crippen molar-refractivity contribution >= 4 is 17.5 Å². The van der Waals surface area contributed by atoms with Crippen LogP contribution in [0.2, 0.25) is 0 Å². The summed E-state index contributed by atoms with van der Waals surface area (Å²) in [4.78, 5) is 11.2. The first-order chi connectivity index (χ1) is 10.7. The molecule has 0 aliphatic carbocycles. The number of para-hydroxylation sites is 1. The highest BCUT2D eigenvalue weighted by Gasteiger charge is 2.13. The van der Waals surface area contributed by atoms with Gasteiger partial charge in [0, 0.05) is 25.0 Å². The third-order valence-corrected chi connectivity index (χ3v) is 3.81. The molecule has 1 aliphatic heterocycles. The van der Waals surface area contributed by atoms with Crippen molar-refractivity contribution in [1.82, 2.24) is 9.97 Å². The van der Waals surface area contributed by atoms with Gasteiger partial charge in [-0.1, -0.05) is 32.0 Å². The normalized spacial score (nSPS) is 15.1. The van der Waals surface area contributed by atoms with Crippen LogP contribution in [0.5, 0.6) is 0 Å². The summed E-state index contributed by atoms with van der Waals surface area (Å²) >= 11 is 0. The van der Waals surface area contributed by atoms with Gasteiger partial charge in [0.15, 0.2) is 0 Å². The number of rotatable bonds is 4. The third kappa shape index (κ3) is 3.36. The van der Waals surface area contributed by atoms with Gasteiger partial charge >= 0.3 is 0 Å². The molecule has 0 atom stereocenters. The lowest BCUT2D eigenvalue weighted by atomic mass is 10.0. The molecule has 1 N–H and O–H groups in total. The zero-order valence-corrected chi connectivity index (χ0v) is 13.1. The second-order valence-corrected chi connectivity index (χ2v) is 5.70. The summed E-state index contributed by atoms with van der Waals surface area (Å²) in [7, 11) is 0. The van der Waals surface area contributed by atoms with Crippen LogP contribution in [0, 0.1) is 0 Å². The lowest BCUT2D eigenvalue weighted by molar-refractivity contribution is 0.122. The average Bonchev–Trinajstić information content (AvgIpc) is 2.56. The van der Waals surface area contributed by atoms with Gasteiger partial charge in [0.05, 0.1) is 13.2 Å². The minimum absolute atomic E-state index is 0.450. The van der Waals surface area contributed by atoms with Crippen LogP contribution in [0.4, 0.5) is 17.5 Å². The number of benzene rings is 1. The molecule has 0 saturated carbocycles. The van der Waals surface area contributed by atoms with E-state index in [4.69, 9.17) is 4.74 Å². The third-order valence-electron chi connectivity index (χ3n) is 3.81. The molecule has 2 heterocycles. The van der Waals surface area contributed by atoms with E-state index >= 15 is 0 Å². The molecule has 0 amide bonds. The Morgan fingerprint density at radius 3 is 2.68 bits per heavy atom. The minimum Gasteiger partial charge on any atom is -0.378 e. The monoisotopic (exact) mass is 298 g/mol. The van der Waals surface area contributed by atoms with Crippen molar-refractivity contribution in [1.29, 1.82) is 0 Å². The van der Waals surface area contributed by atoms with Gasteiger partial charge in [-0.25, -0.2) is 4.98 Å². The van der Waals surface area contributed by atoms with Gasteiger partial charge in [-0.15, -0.1) is 0 Å². The van der Waals surface area contributed by atoms with Crippen LogP contribution in [0.1, 0.15) is 25.3 Å². The Balaban J connectivity index is 1.81. The van der Waals surface area contributed by atoms with Crippen LogP contribution < -0.4 is 10.2 Å². The van der Waals surface area contributed by atoms with Crippen molar-refractivity contribution in [3.63, 3.8) is 0 Å². The van der Waals surface area contributed by atoms with Crippen LogP contribution in [-0.2, 0) is 4.74 Å². The Kier molecular flexibility index (Phi) is 4.53. The first-order valence-electron chi connectivity index (χ1n) is 7.76. The highest BCUT2D eigenvalue weighted by Crippen LogP contribution is 2.26. The zero-order chi connectivity index (χ0) is 15.4. The van der Waals surface area contributed by atoms with E-state index in [0.29, 0.717) is 11.9 Å². The van der Waals surface area contributed by atoms with Gasteiger partial charge in [-0.2, -0.15) is 4.98 Å². The first kappa shape index (κ1) is 14.8. The van der Waals surface area contributed by atoms with Crippen molar-refractivity contribution in [3.8, 4) is 0 Å². The fourth-order valence-corrected chi connectivity index (χ4v) is 2.61. The van der Waals surface area contributed by atoms with E-state index in [9.17, 15) is 0 Å². The number of morpholine rings is 1. The topological polar surface area (TPSA) is 50.3 Å². The van der Waals surface area contributed by atoms with E-state index in [1.165, 1.54) is 5.56 Å². The summed E-state index contributed by atoms with van der Waals surface area (Å²) in [5.41, 5.74) is 2.33. The standard InChI is InChI=1S/C17H22N4O/c1-13(2)14-5-3-4-6-15(14)19-17-18-8-7-16(20-17)21-9-11-22-12-10-21/h3-8,13H,9-12H2,1-2H3,(H,18,19,20). The summed E-state index contributed by atoms with van der Waals surface area (Å²) < 4.78 is 5.39. The number of nitrogens with zero attached hydrogens (tertiary/aromatic N) is 3. The van der Waals surface area contributed by atoms with Gasteiger partial charge in [0.2, 0.25) is 5.95 Å². The predicted octanol–water partition coefficient (Wildman–Crippen LogP) is 3.18. The molecular formula is C17H22N4O. The summed E-state index contributed by atoms with van der Waals surface area (Å²) in [6, 6.07) is 10.2. The summed E-state index contributed by atoms with van der Waals surface area (Å²) in [5, 5.41) is 3.35. The maximum absolute atomic E-state index is 5.39. The molecular weight excluding hydrogens is 276 g/mol. The minimum atomic E-state index is 0.450. The van der Waals surface area contributed by atoms with Gasteiger partial charge in [-0.05, 0) is 23.6 Å². The second-order valence-electron chi connectivity index (χ2n) is 5.70. The molecule has 116 valence electrons. The molecule has 2 aromatic rings. The molecule has 5 heteroatoms. The van der Waals surface area contributed by atoms with Crippen LogP contribution in [-0.4, -0.2) is 36.3 Å². The SMILES string of the molecule is CC(C)c1ccccc1Nc1nccc(N2CCOCC2)n1. The summed E-state index contributed by atoms with van der Waals surface area (Å²) in [6.45, 7) is 7.63. The molecule has 0 spiro atoms. The van der Waals surface area contributed by atoms with Crippen LogP contribution in [0.3, 0.4) is 0 Å².